The summed E-state index contributed by atoms with van der Waals surface area (Å²) in [6.45, 7) is 2.04. The van der Waals surface area contributed by atoms with E-state index >= 15 is 0 Å². The minimum absolute atomic E-state index is 0.906. The van der Waals surface area contributed by atoms with Crippen molar-refractivity contribution >= 4 is 44.7 Å². The van der Waals surface area contributed by atoms with Gasteiger partial charge in [0.2, 0.25) is 0 Å². The van der Waals surface area contributed by atoms with Crippen molar-refractivity contribution in [2.45, 2.75) is 17.6 Å². The van der Waals surface area contributed by atoms with Gasteiger partial charge in [-0.2, -0.15) is 0 Å². The molecule has 0 aliphatic rings. The number of para-hydroxylation sites is 1. The van der Waals surface area contributed by atoms with E-state index < -0.39 is 0 Å². The summed E-state index contributed by atoms with van der Waals surface area (Å²) in [6.07, 6.45) is 0. The monoisotopic (exact) mass is 313 g/mol. The zero-order valence-corrected chi connectivity index (χ0v) is 12.1. The Bertz CT molecular complexity index is 494. The van der Waals surface area contributed by atoms with Gasteiger partial charge in [0.25, 0.3) is 0 Å². The molecule has 0 aliphatic heterocycles. The minimum atomic E-state index is 0.906. The number of nitrogens with two attached hydrogens (primary N) is 1. The Hall–Kier alpha value is -0.450. The van der Waals surface area contributed by atoms with Crippen molar-refractivity contribution < 1.29 is 0 Å². The van der Waals surface area contributed by atoms with Gasteiger partial charge in [0.05, 0.1) is 0 Å². The molecule has 0 spiro atoms. The van der Waals surface area contributed by atoms with Crippen molar-refractivity contribution in [1.29, 1.82) is 0 Å². The van der Waals surface area contributed by atoms with Crippen molar-refractivity contribution in [3.63, 3.8) is 0 Å². The second kappa shape index (κ2) is 5.25. The van der Waals surface area contributed by atoms with E-state index in [-0.39, 0.29) is 0 Å². The van der Waals surface area contributed by atoms with Crippen molar-refractivity contribution in [1.82, 2.24) is 0 Å². The van der Waals surface area contributed by atoms with E-state index in [1.54, 1.807) is 23.1 Å². The molecule has 0 unspecified atom stereocenters. The van der Waals surface area contributed by atoms with Crippen LogP contribution in [0.25, 0.3) is 0 Å². The Labute approximate surface area is 112 Å². The molecule has 1 aromatic carbocycles. The summed E-state index contributed by atoms with van der Waals surface area (Å²) in [6, 6.07) is 8.33. The molecule has 0 bridgehead atoms. The van der Waals surface area contributed by atoms with Crippen LogP contribution in [0.2, 0.25) is 0 Å². The third-order valence-electron chi connectivity index (χ3n) is 2.28. The molecule has 2 N–H and O–H groups in total. The fraction of sp³-hybridized carbons (Fsp3) is 0.167. The highest BCUT2D eigenvalue weighted by Gasteiger charge is 2.04. The van der Waals surface area contributed by atoms with Crippen LogP contribution >= 0.6 is 39.0 Å². The highest BCUT2D eigenvalue weighted by molar-refractivity contribution is 9.10. The molecule has 1 heterocycles. The van der Waals surface area contributed by atoms with Crippen LogP contribution in [0, 0.1) is 6.92 Å². The summed E-state index contributed by atoms with van der Waals surface area (Å²) in [5, 5.41) is 2.11. The highest BCUT2D eigenvalue weighted by atomic mass is 79.9. The first-order valence-electron chi connectivity index (χ1n) is 4.87. The molecule has 1 aromatic heterocycles. The molecule has 0 aliphatic carbocycles. The Balaban J connectivity index is 2.07. The van der Waals surface area contributed by atoms with Gasteiger partial charge in [-0.3, -0.25) is 0 Å². The van der Waals surface area contributed by atoms with Crippen molar-refractivity contribution in [3.05, 3.63) is 44.6 Å². The van der Waals surface area contributed by atoms with E-state index in [9.17, 15) is 0 Å². The summed E-state index contributed by atoms with van der Waals surface area (Å²) in [7, 11) is 0. The molecule has 0 radical (unpaired) electrons. The number of rotatable bonds is 3. The summed E-state index contributed by atoms with van der Waals surface area (Å²) in [5.41, 5.74) is 8.08. The van der Waals surface area contributed by atoms with Crippen LogP contribution in [-0.4, -0.2) is 0 Å². The zero-order chi connectivity index (χ0) is 11.5. The number of benzene rings is 1. The van der Waals surface area contributed by atoms with Crippen LogP contribution in [0.15, 0.2) is 39.0 Å². The topological polar surface area (TPSA) is 26.0 Å². The van der Waals surface area contributed by atoms with E-state index in [0.717, 1.165) is 21.5 Å². The number of halogens is 1. The lowest BCUT2D eigenvalue weighted by atomic mass is 10.2. The molecular formula is C12H12BrNS2. The number of thiophene rings is 1. The summed E-state index contributed by atoms with van der Waals surface area (Å²) in [4.78, 5) is 2.53. The SMILES string of the molecule is Cc1cccc(SCc2cc(Br)cs2)c1N. The van der Waals surface area contributed by atoms with Gasteiger partial charge in [-0.15, -0.1) is 23.1 Å². The molecule has 84 valence electrons. The number of thioether (sulfide) groups is 1. The molecule has 16 heavy (non-hydrogen) atoms. The number of nitrogen functional groups attached to an aromatic ring is 1. The number of hydrogen-bond acceptors (Lipinski definition) is 3. The molecule has 0 saturated heterocycles. The number of aryl methyl sites for hydroxylation is 1. The third-order valence-corrected chi connectivity index (χ3v) is 5.28. The highest BCUT2D eigenvalue weighted by Crippen LogP contribution is 2.32. The van der Waals surface area contributed by atoms with Gasteiger partial charge in [0, 0.05) is 31.1 Å². The van der Waals surface area contributed by atoms with Gasteiger partial charge in [-0.25, -0.2) is 0 Å². The first kappa shape index (κ1) is 12.0. The Morgan fingerprint density at radius 1 is 1.44 bits per heavy atom. The number of hydrogen-bond donors (Lipinski definition) is 1. The standard InChI is InChI=1S/C12H12BrNS2/c1-8-3-2-4-11(12(8)14)16-7-10-5-9(13)6-15-10/h2-6H,7,14H2,1H3. The second-order valence-electron chi connectivity index (χ2n) is 3.51. The molecule has 0 amide bonds. The van der Waals surface area contributed by atoms with Crippen LogP contribution in [0.5, 0.6) is 0 Å². The largest absolute Gasteiger partial charge is 0.398 e. The lowest BCUT2D eigenvalue weighted by molar-refractivity contribution is 1.36. The fourth-order valence-electron chi connectivity index (χ4n) is 1.36. The van der Waals surface area contributed by atoms with Gasteiger partial charge >= 0.3 is 0 Å². The van der Waals surface area contributed by atoms with Crippen molar-refractivity contribution in [2.75, 3.05) is 5.73 Å². The number of anilines is 1. The molecule has 2 rings (SSSR count). The summed E-state index contributed by atoms with van der Waals surface area (Å²) < 4.78 is 1.16. The van der Waals surface area contributed by atoms with Gasteiger partial charge in [-0.1, -0.05) is 12.1 Å². The third kappa shape index (κ3) is 2.81. The quantitative estimate of drug-likeness (QED) is 0.657. The first-order chi connectivity index (χ1) is 7.66. The molecule has 0 saturated carbocycles. The maximum absolute atomic E-state index is 6.03. The Morgan fingerprint density at radius 3 is 2.94 bits per heavy atom. The average molecular weight is 314 g/mol. The average Bonchev–Trinajstić information content (AvgIpc) is 2.67. The van der Waals surface area contributed by atoms with Crippen LogP contribution in [0.1, 0.15) is 10.4 Å². The zero-order valence-electron chi connectivity index (χ0n) is 8.87. The van der Waals surface area contributed by atoms with Gasteiger partial charge < -0.3 is 5.73 Å². The lowest BCUT2D eigenvalue weighted by Crippen LogP contribution is -1.91. The van der Waals surface area contributed by atoms with Gasteiger partial charge in [0.1, 0.15) is 0 Å². The molecule has 2 aromatic rings. The Kier molecular flexibility index (Phi) is 3.95. The predicted octanol–water partition coefficient (Wildman–Crippen LogP) is 4.69. The smallest absolute Gasteiger partial charge is 0.0482 e. The maximum atomic E-state index is 6.03. The van der Waals surface area contributed by atoms with Crippen LogP contribution in [-0.2, 0) is 5.75 Å². The minimum Gasteiger partial charge on any atom is -0.398 e. The van der Waals surface area contributed by atoms with E-state index in [1.165, 1.54) is 9.77 Å². The second-order valence-corrected chi connectivity index (χ2v) is 6.44. The molecule has 1 nitrogen and oxygen atoms in total. The van der Waals surface area contributed by atoms with Crippen molar-refractivity contribution in [3.8, 4) is 0 Å². The fourth-order valence-corrected chi connectivity index (χ4v) is 3.91. The molecule has 0 fully saturated rings. The predicted molar refractivity (Wildman–Crippen MR) is 77.2 cm³/mol. The summed E-state index contributed by atoms with van der Waals surface area (Å²) in [5.74, 6) is 0.976. The van der Waals surface area contributed by atoms with E-state index in [4.69, 9.17) is 5.73 Å². The van der Waals surface area contributed by atoms with Crippen LogP contribution in [0.4, 0.5) is 5.69 Å². The molecule has 4 heteroatoms. The normalized spacial score (nSPS) is 10.6. The van der Waals surface area contributed by atoms with Crippen LogP contribution < -0.4 is 5.73 Å². The van der Waals surface area contributed by atoms with E-state index in [2.05, 4.69) is 39.5 Å². The molecule has 0 atom stereocenters. The van der Waals surface area contributed by atoms with E-state index in [1.807, 2.05) is 13.0 Å². The first-order valence-corrected chi connectivity index (χ1v) is 7.53. The summed E-state index contributed by atoms with van der Waals surface area (Å²) >= 11 is 7.02. The van der Waals surface area contributed by atoms with Gasteiger partial charge in [-0.05, 0) is 40.5 Å². The maximum Gasteiger partial charge on any atom is 0.0482 e. The van der Waals surface area contributed by atoms with E-state index in [0.29, 0.717) is 0 Å². The van der Waals surface area contributed by atoms with Gasteiger partial charge in [0.15, 0.2) is 0 Å². The Morgan fingerprint density at radius 2 is 2.25 bits per heavy atom. The van der Waals surface area contributed by atoms with Crippen LogP contribution in [0.3, 0.4) is 0 Å². The lowest BCUT2D eigenvalue weighted by Gasteiger charge is -2.06. The van der Waals surface area contributed by atoms with Crippen molar-refractivity contribution in [2.24, 2.45) is 0 Å². The molecular weight excluding hydrogens is 302 g/mol.